The summed E-state index contributed by atoms with van der Waals surface area (Å²) in [4.78, 5) is 33.3. The average molecular weight is 294 g/mol. The first-order valence-corrected chi connectivity index (χ1v) is 6.23. The van der Waals surface area contributed by atoms with Crippen molar-refractivity contribution in [3.63, 3.8) is 0 Å². The highest BCUT2D eigenvalue weighted by Crippen LogP contribution is 2.24. The van der Waals surface area contributed by atoms with Crippen LogP contribution in [0.15, 0.2) is 27.4 Å². The third kappa shape index (κ3) is 2.92. The molecule has 0 aliphatic carbocycles. The number of nitrogens with one attached hydrogen (secondary N) is 1. The first-order valence-electron chi connectivity index (χ1n) is 6.23. The van der Waals surface area contributed by atoms with Crippen molar-refractivity contribution in [1.29, 1.82) is 0 Å². The fourth-order valence-corrected chi connectivity index (χ4v) is 2.09. The predicted molar refractivity (Wildman–Crippen MR) is 73.4 cm³/mol. The van der Waals surface area contributed by atoms with E-state index in [2.05, 4.69) is 0 Å². The number of fused-ring (bicyclic) bond motifs is 1. The molecule has 1 amide bonds. The normalized spacial score (nSPS) is 12.3. The highest BCUT2D eigenvalue weighted by atomic mass is 16.6. The molecule has 21 heavy (non-hydrogen) atoms. The van der Waals surface area contributed by atoms with Crippen molar-refractivity contribution in [3.05, 3.63) is 38.9 Å². The minimum atomic E-state index is -0.619. The zero-order valence-corrected chi connectivity index (χ0v) is 11.2. The Morgan fingerprint density at radius 3 is 2.90 bits per heavy atom. The van der Waals surface area contributed by atoms with Crippen LogP contribution in [0.1, 0.15) is 25.8 Å². The van der Waals surface area contributed by atoms with Gasteiger partial charge in [0.15, 0.2) is 5.58 Å². The number of nitrogens with zero attached hydrogens (tertiary/aromatic N) is 2. The van der Waals surface area contributed by atoms with Crippen LogP contribution in [0.25, 0.3) is 11.1 Å². The smallest absolute Gasteiger partial charge is 0.408 e. The average Bonchev–Trinajstić information content (AvgIpc) is 2.79. The van der Waals surface area contributed by atoms with Gasteiger partial charge in [-0.3, -0.25) is 24.9 Å². The Bertz CT molecular complexity index is 748. The van der Waals surface area contributed by atoms with Gasteiger partial charge in [0.05, 0.1) is 10.4 Å². The van der Waals surface area contributed by atoms with Crippen LogP contribution in [0.2, 0.25) is 0 Å². The molecule has 1 aromatic carbocycles. The number of non-ortho nitro benzene ring substituents is 1. The summed E-state index contributed by atoms with van der Waals surface area (Å²) in [5.74, 6) is 4.02. The van der Waals surface area contributed by atoms with Gasteiger partial charge in [-0.2, -0.15) is 0 Å². The molecule has 0 saturated heterocycles. The van der Waals surface area contributed by atoms with Crippen LogP contribution in [0, 0.1) is 10.1 Å². The van der Waals surface area contributed by atoms with Gasteiger partial charge in [0.1, 0.15) is 0 Å². The van der Waals surface area contributed by atoms with Crippen molar-refractivity contribution in [1.82, 2.24) is 9.99 Å². The number of hydrogen-bond acceptors (Lipinski definition) is 6. The third-order valence-electron chi connectivity index (χ3n) is 3.20. The van der Waals surface area contributed by atoms with Gasteiger partial charge in [-0.1, -0.05) is 0 Å². The summed E-state index contributed by atoms with van der Waals surface area (Å²) in [6, 6.07) is 3.56. The molecule has 0 bridgehead atoms. The second-order valence-corrected chi connectivity index (χ2v) is 4.60. The van der Waals surface area contributed by atoms with E-state index < -0.39 is 10.7 Å². The van der Waals surface area contributed by atoms with Gasteiger partial charge in [-0.05, 0) is 19.4 Å². The molecule has 3 N–H and O–H groups in total. The van der Waals surface area contributed by atoms with E-state index in [1.165, 1.54) is 22.8 Å². The fraction of sp³-hybridized carbons (Fsp3) is 0.333. The molecule has 9 heteroatoms. The quantitative estimate of drug-likeness (QED) is 0.363. The number of aromatic nitrogens is 1. The maximum Gasteiger partial charge on any atom is 0.420 e. The zero-order valence-electron chi connectivity index (χ0n) is 11.2. The van der Waals surface area contributed by atoms with E-state index in [4.69, 9.17) is 10.3 Å². The summed E-state index contributed by atoms with van der Waals surface area (Å²) in [6.45, 7) is 1.72. The topological polar surface area (TPSA) is 133 Å². The number of hydrazine groups is 1. The molecule has 1 aromatic heterocycles. The maximum atomic E-state index is 11.9. The molecular weight excluding hydrogens is 280 g/mol. The van der Waals surface area contributed by atoms with E-state index in [1.807, 2.05) is 5.43 Å². The van der Waals surface area contributed by atoms with Crippen molar-refractivity contribution in [3.8, 4) is 0 Å². The van der Waals surface area contributed by atoms with Crippen molar-refractivity contribution < 1.29 is 14.1 Å². The van der Waals surface area contributed by atoms with Crippen molar-refractivity contribution in [2.24, 2.45) is 5.84 Å². The molecule has 1 atom stereocenters. The Labute approximate surface area is 118 Å². The largest absolute Gasteiger partial charge is 0.420 e. The lowest BCUT2D eigenvalue weighted by molar-refractivity contribution is -0.384. The van der Waals surface area contributed by atoms with Gasteiger partial charge in [0.25, 0.3) is 5.69 Å². The van der Waals surface area contributed by atoms with Gasteiger partial charge in [0.2, 0.25) is 5.91 Å². The molecule has 0 aliphatic heterocycles. The SMILES string of the molecule is CC(CCC(=O)NN)n1c(=O)oc2ccc([N+](=O)[O-])cc21. The zero-order chi connectivity index (χ0) is 15.6. The molecular formula is C12H14N4O5. The van der Waals surface area contributed by atoms with E-state index in [-0.39, 0.29) is 29.6 Å². The van der Waals surface area contributed by atoms with E-state index in [0.717, 1.165) is 0 Å². The van der Waals surface area contributed by atoms with E-state index in [9.17, 15) is 19.7 Å². The molecule has 0 radical (unpaired) electrons. The van der Waals surface area contributed by atoms with Crippen molar-refractivity contribution in [2.75, 3.05) is 0 Å². The number of nitrogens with two attached hydrogens (primary N) is 1. The molecule has 0 aliphatic rings. The molecule has 112 valence electrons. The second kappa shape index (κ2) is 5.75. The third-order valence-corrected chi connectivity index (χ3v) is 3.20. The van der Waals surface area contributed by atoms with Crippen molar-refractivity contribution >= 4 is 22.7 Å². The lowest BCUT2D eigenvalue weighted by Gasteiger charge is -2.11. The van der Waals surface area contributed by atoms with Crippen LogP contribution in [-0.4, -0.2) is 15.4 Å². The predicted octanol–water partition coefficient (Wildman–Crippen LogP) is 0.834. The monoisotopic (exact) mass is 294 g/mol. The number of hydrogen-bond donors (Lipinski definition) is 2. The minimum absolute atomic E-state index is 0.131. The first-order chi connectivity index (χ1) is 9.93. The van der Waals surface area contributed by atoms with Crippen LogP contribution in [0.5, 0.6) is 0 Å². The Morgan fingerprint density at radius 1 is 1.57 bits per heavy atom. The lowest BCUT2D eigenvalue weighted by atomic mass is 10.1. The van der Waals surface area contributed by atoms with Gasteiger partial charge in [-0.25, -0.2) is 10.6 Å². The maximum absolute atomic E-state index is 11.9. The van der Waals surface area contributed by atoms with Gasteiger partial charge >= 0.3 is 5.76 Å². The van der Waals surface area contributed by atoms with Crippen LogP contribution in [0.3, 0.4) is 0 Å². The summed E-state index contributed by atoms with van der Waals surface area (Å²) < 4.78 is 6.35. The summed E-state index contributed by atoms with van der Waals surface area (Å²) in [5.41, 5.74) is 2.46. The molecule has 9 nitrogen and oxygen atoms in total. The van der Waals surface area contributed by atoms with Gasteiger partial charge < -0.3 is 4.42 Å². The number of carbonyl (C=O) groups excluding carboxylic acids is 1. The standard InChI is InChI=1S/C12H14N4O5/c1-7(2-5-11(17)14-13)15-9-6-8(16(19)20)3-4-10(9)21-12(15)18/h3-4,6-7H,2,5,13H2,1H3,(H,14,17). The summed E-state index contributed by atoms with van der Waals surface area (Å²) >= 11 is 0. The van der Waals surface area contributed by atoms with E-state index in [1.54, 1.807) is 6.92 Å². The first kappa shape index (κ1) is 14.7. The number of oxazole rings is 1. The molecule has 2 rings (SSSR count). The number of nitro benzene ring substituents is 1. The molecule has 1 unspecified atom stereocenters. The van der Waals surface area contributed by atoms with Crippen LogP contribution >= 0.6 is 0 Å². The number of rotatable bonds is 5. The molecule has 0 spiro atoms. The Kier molecular flexibility index (Phi) is 4.03. The Hall–Kier alpha value is -2.68. The summed E-state index contributed by atoms with van der Waals surface area (Å²) in [5, 5.41) is 10.8. The van der Waals surface area contributed by atoms with Crippen LogP contribution in [-0.2, 0) is 4.79 Å². The van der Waals surface area contributed by atoms with Crippen molar-refractivity contribution in [2.45, 2.75) is 25.8 Å². The summed E-state index contributed by atoms with van der Waals surface area (Å²) in [6.07, 6.45) is 0.478. The molecule has 2 aromatic rings. The molecule has 0 saturated carbocycles. The van der Waals surface area contributed by atoms with Crippen LogP contribution in [0.4, 0.5) is 5.69 Å². The Morgan fingerprint density at radius 2 is 2.29 bits per heavy atom. The summed E-state index contributed by atoms with van der Waals surface area (Å²) in [7, 11) is 0. The fourth-order valence-electron chi connectivity index (χ4n) is 2.09. The Balaban J connectivity index is 2.40. The highest BCUT2D eigenvalue weighted by Gasteiger charge is 2.18. The van der Waals surface area contributed by atoms with E-state index >= 15 is 0 Å². The lowest BCUT2D eigenvalue weighted by Crippen LogP contribution is -2.30. The molecule has 0 fully saturated rings. The van der Waals surface area contributed by atoms with Gasteiger partial charge in [0, 0.05) is 24.6 Å². The second-order valence-electron chi connectivity index (χ2n) is 4.60. The minimum Gasteiger partial charge on any atom is -0.408 e. The highest BCUT2D eigenvalue weighted by molar-refractivity contribution is 5.76. The molecule has 1 heterocycles. The van der Waals surface area contributed by atoms with Crippen LogP contribution < -0.4 is 17.0 Å². The number of amides is 1. The number of benzene rings is 1. The van der Waals surface area contributed by atoms with E-state index in [0.29, 0.717) is 11.9 Å². The van der Waals surface area contributed by atoms with Gasteiger partial charge in [-0.15, -0.1) is 0 Å². The number of nitro groups is 1. The number of carbonyl (C=O) groups is 1.